The van der Waals surface area contributed by atoms with Crippen LogP contribution in [0.1, 0.15) is 0 Å². The van der Waals surface area contributed by atoms with E-state index >= 15 is 0 Å². The molecule has 7 aromatic rings. The third-order valence-electron chi connectivity index (χ3n) is 6.28. The van der Waals surface area contributed by atoms with Crippen LogP contribution in [0.3, 0.4) is 0 Å². The van der Waals surface area contributed by atoms with Crippen molar-refractivity contribution in [2.45, 2.75) is 0 Å². The molecule has 4 heteroatoms. The number of aromatic nitrogens is 4. The molecule has 0 aliphatic heterocycles. The number of benzene rings is 3. The molecule has 4 aromatic heterocycles. The van der Waals surface area contributed by atoms with E-state index in [1.807, 2.05) is 36.7 Å². The van der Waals surface area contributed by atoms with Crippen LogP contribution in [0.5, 0.6) is 0 Å². The minimum Gasteiger partial charge on any atom is -0.300 e. The van der Waals surface area contributed by atoms with E-state index in [9.17, 15) is 0 Å². The molecule has 4 nitrogen and oxygen atoms in total. The molecule has 32 heavy (non-hydrogen) atoms. The summed E-state index contributed by atoms with van der Waals surface area (Å²) in [6.45, 7) is 0. The van der Waals surface area contributed by atoms with Crippen LogP contribution in [0.4, 0.5) is 0 Å². The molecule has 0 atom stereocenters. The average molecular weight is 410 g/mol. The largest absolute Gasteiger partial charge is 0.300 e. The summed E-state index contributed by atoms with van der Waals surface area (Å²) in [5.74, 6) is 0. The molecule has 0 aliphatic rings. The molecule has 0 radical (unpaired) electrons. The van der Waals surface area contributed by atoms with E-state index in [0.717, 1.165) is 22.7 Å². The highest BCUT2D eigenvalue weighted by Gasteiger charge is 2.20. The van der Waals surface area contributed by atoms with Gasteiger partial charge in [0.1, 0.15) is 11.3 Å². The van der Waals surface area contributed by atoms with E-state index in [1.54, 1.807) is 0 Å². The minimum absolute atomic E-state index is 0.946. The van der Waals surface area contributed by atoms with E-state index in [4.69, 9.17) is 0 Å². The maximum absolute atomic E-state index is 4.67. The first-order valence-corrected chi connectivity index (χ1v) is 10.7. The van der Waals surface area contributed by atoms with Crippen LogP contribution in [0.25, 0.3) is 55.4 Å². The number of imidazole rings is 2. The van der Waals surface area contributed by atoms with Crippen LogP contribution in [0, 0.1) is 0 Å². The van der Waals surface area contributed by atoms with Gasteiger partial charge in [0.2, 0.25) is 0 Å². The van der Waals surface area contributed by atoms with Crippen molar-refractivity contribution in [3.05, 3.63) is 110 Å². The van der Waals surface area contributed by atoms with Gasteiger partial charge in [0, 0.05) is 23.5 Å². The molecule has 0 unspecified atom stereocenters. The van der Waals surface area contributed by atoms with Gasteiger partial charge in [-0.25, -0.2) is 9.97 Å². The predicted octanol–water partition coefficient (Wildman–Crippen LogP) is 6.62. The van der Waals surface area contributed by atoms with E-state index in [2.05, 4.69) is 91.8 Å². The maximum Gasteiger partial charge on any atom is 0.137 e. The third-order valence-corrected chi connectivity index (χ3v) is 6.28. The molecule has 0 N–H and O–H groups in total. The molecule has 0 amide bonds. The van der Waals surface area contributed by atoms with Crippen molar-refractivity contribution >= 4 is 32.8 Å². The summed E-state index contributed by atoms with van der Waals surface area (Å²) in [6.07, 6.45) is 8.13. The molecule has 4 heterocycles. The second kappa shape index (κ2) is 6.53. The van der Waals surface area contributed by atoms with E-state index in [-0.39, 0.29) is 0 Å². The number of nitrogens with zero attached hydrogens (tertiary/aromatic N) is 4. The topological polar surface area (TPSA) is 34.6 Å². The monoisotopic (exact) mass is 410 g/mol. The lowest BCUT2D eigenvalue weighted by Gasteiger charge is -2.17. The lowest BCUT2D eigenvalue weighted by atomic mass is 9.89. The van der Waals surface area contributed by atoms with Gasteiger partial charge in [0.25, 0.3) is 0 Å². The Morgan fingerprint density at radius 1 is 0.438 bits per heavy atom. The summed E-state index contributed by atoms with van der Waals surface area (Å²) in [5.41, 5.74) is 6.48. The van der Waals surface area contributed by atoms with Gasteiger partial charge in [-0.1, -0.05) is 60.7 Å². The van der Waals surface area contributed by atoms with Crippen molar-refractivity contribution in [3.63, 3.8) is 0 Å². The van der Waals surface area contributed by atoms with Crippen LogP contribution in [0.15, 0.2) is 110 Å². The van der Waals surface area contributed by atoms with Gasteiger partial charge < -0.3 is 0 Å². The van der Waals surface area contributed by atoms with E-state index in [0.29, 0.717) is 0 Å². The highest BCUT2D eigenvalue weighted by atomic mass is 15.0. The summed E-state index contributed by atoms with van der Waals surface area (Å²) < 4.78 is 4.34. The van der Waals surface area contributed by atoms with Gasteiger partial charge in [0.15, 0.2) is 0 Å². The Balaban J connectivity index is 1.69. The quantitative estimate of drug-likeness (QED) is 0.300. The molecule has 0 fully saturated rings. The summed E-state index contributed by atoms with van der Waals surface area (Å²) >= 11 is 0. The number of rotatable bonds is 2. The SMILES string of the molecule is c1ccc2c(-c3cnc4ccccn34)c3ccccc3c(-c3cnc4ccccn34)c2c1. The Labute approximate surface area is 184 Å². The maximum atomic E-state index is 4.67. The fourth-order valence-electron chi connectivity index (χ4n) is 4.92. The van der Waals surface area contributed by atoms with Crippen molar-refractivity contribution in [2.24, 2.45) is 0 Å². The summed E-state index contributed by atoms with van der Waals surface area (Å²) in [6, 6.07) is 29.5. The molecule has 3 aromatic carbocycles. The molecular formula is C28H18N4. The summed E-state index contributed by atoms with van der Waals surface area (Å²) in [4.78, 5) is 9.34. The Morgan fingerprint density at radius 3 is 1.22 bits per heavy atom. The highest BCUT2D eigenvalue weighted by molar-refractivity contribution is 6.20. The third kappa shape index (κ3) is 2.32. The first-order valence-electron chi connectivity index (χ1n) is 10.7. The van der Waals surface area contributed by atoms with E-state index in [1.165, 1.54) is 32.7 Å². The number of fused-ring (bicyclic) bond motifs is 4. The van der Waals surface area contributed by atoms with Crippen LogP contribution in [-0.2, 0) is 0 Å². The van der Waals surface area contributed by atoms with Crippen LogP contribution < -0.4 is 0 Å². The molecule has 150 valence electrons. The van der Waals surface area contributed by atoms with Crippen LogP contribution >= 0.6 is 0 Å². The molecule has 0 bridgehead atoms. The Kier molecular flexibility index (Phi) is 3.52. The van der Waals surface area contributed by atoms with Crippen molar-refractivity contribution in [1.29, 1.82) is 0 Å². The van der Waals surface area contributed by atoms with Gasteiger partial charge in [0.05, 0.1) is 23.8 Å². The summed E-state index contributed by atoms with van der Waals surface area (Å²) in [7, 11) is 0. The zero-order valence-corrected chi connectivity index (χ0v) is 17.2. The zero-order valence-electron chi connectivity index (χ0n) is 17.2. The molecule has 0 spiro atoms. The Morgan fingerprint density at radius 2 is 0.812 bits per heavy atom. The highest BCUT2D eigenvalue weighted by Crippen LogP contribution is 2.43. The predicted molar refractivity (Wildman–Crippen MR) is 130 cm³/mol. The molecule has 0 saturated heterocycles. The van der Waals surface area contributed by atoms with Gasteiger partial charge in [-0.2, -0.15) is 0 Å². The van der Waals surface area contributed by atoms with Crippen molar-refractivity contribution in [2.75, 3.05) is 0 Å². The van der Waals surface area contributed by atoms with E-state index < -0.39 is 0 Å². The van der Waals surface area contributed by atoms with Gasteiger partial charge in [-0.15, -0.1) is 0 Å². The van der Waals surface area contributed by atoms with Gasteiger partial charge in [-0.05, 0) is 45.8 Å². The van der Waals surface area contributed by atoms with Crippen molar-refractivity contribution in [3.8, 4) is 22.5 Å². The Bertz CT molecular complexity index is 1600. The first kappa shape index (κ1) is 17.3. The zero-order chi connectivity index (χ0) is 21.1. The number of pyridine rings is 2. The second-order valence-electron chi connectivity index (χ2n) is 7.99. The molecule has 0 saturated carbocycles. The first-order chi connectivity index (χ1) is 15.9. The lowest BCUT2D eigenvalue weighted by Crippen LogP contribution is -1.95. The molecular weight excluding hydrogens is 392 g/mol. The van der Waals surface area contributed by atoms with Crippen LogP contribution in [-0.4, -0.2) is 18.8 Å². The number of hydrogen-bond donors (Lipinski definition) is 0. The fraction of sp³-hybridized carbons (Fsp3) is 0. The molecule has 7 rings (SSSR count). The minimum atomic E-state index is 0.946. The van der Waals surface area contributed by atoms with Crippen LogP contribution in [0.2, 0.25) is 0 Å². The van der Waals surface area contributed by atoms with Gasteiger partial charge >= 0.3 is 0 Å². The van der Waals surface area contributed by atoms with Gasteiger partial charge in [-0.3, -0.25) is 8.80 Å². The standard InChI is InChI=1S/C28H18N4/c1-2-10-20-19(9-1)27(23-17-29-25-13-5-7-15-31(23)25)21-11-3-4-12-22(21)28(20)24-18-30-26-14-6-8-16-32(24)26/h1-18H. The van der Waals surface area contributed by atoms with Crippen molar-refractivity contribution in [1.82, 2.24) is 18.8 Å². The molecule has 0 aliphatic carbocycles. The average Bonchev–Trinajstić information content (AvgIpc) is 3.47. The lowest BCUT2D eigenvalue weighted by molar-refractivity contribution is 1.19. The van der Waals surface area contributed by atoms with Crippen molar-refractivity contribution < 1.29 is 0 Å². The number of hydrogen-bond acceptors (Lipinski definition) is 2. The Hall–Kier alpha value is -4.44. The summed E-state index contributed by atoms with van der Waals surface area (Å²) in [5, 5.41) is 4.82. The normalized spacial score (nSPS) is 11.8. The fourth-order valence-corrected chi connectivity index (χ4v) is 4.92. The smallest absolute Gasteiger partial charge is 0.137 e. The second-order valence-corrected chi connectivity index (χ2v) is 7.99.